The molecule has 35 heavy (non-hydrogen) atoms. The Bertz CT molecular complexity index is 1200. The first-order valence-electron chi connectivity index (χ1n) is 11.8. The molecule has 2 aromatic heterocycles. The topological polar surface area (TPSA) is 125 Å². The zero-order chi connectivity index (χ0) is 25.8. The highest BCUT2D eigenvalue weighted by Crippen LogP contribution is 2.40. The van der Waals surface area contributed by atoms with E-state index in [1.807, 2.05) is 46.8 Å². The molecule has 3 N–H and O–H groups in total. The average Bonchev–Trinajstić information content (AvgIpc) is 3.13. The van der Waals surface area contributed by atoms with Crippen LogP contribution < -0.4 is 24.6 Å². The Morgan fingerprint density at radius 2 is 1.94 bits per heavy atom. The molecule has 0 saturated carbocycles. The molecule has 0 fully saturated rings. The number of fused-ring (bicyclic) bond motifs is 1. The van der Waals surface area contributed by atoms with E-state index in [9.17, 15) is 4.79 Å². The highest BCUT2D eigenvalue weighted by molar-refractivity contribution is 5.96. The number of aliphatic hydroxyl groups excluding tert-OH is 1. The van der Waals surface area contributed by atoms with Crippen molar-refractivity contribution in [1.82, 2.24) is 14.7 Å². The second-order valence-corrected chi connectivity index (χ2v) is 9.20. The van der Waals surface area contributed by atoms with Gasteiger partial charge < -0.3 is 19.3 Å². The molecule has 0 aliphatic rings. The number of nitrogens with two attached hydrogens (primary N) is 1. The number of carbonyl (C=O) groups excluding carboxylic acids is 1. The van der Waals surface area contributed by atoms with Crippen molar-refractivity contribution in [3.8, 4) is 17.4 Å². The van der Waals surface area contributed by atoms with E-state index in [0.717, 1.165) is 11.1 Å². The second kappa shape index (κ2) is 10.9. The van der Waals surface area contributed by atoms with Gasteiger partial charge in [0, 0.05) is 35.8 Å². The molecular weight excluding hydrogens is 450 g/mol. The zero-order valence-electron chi connectivity index (χ0n) is 21.4. The van der Waals surface area contributed by atoms with Crippen LogP contribution in [0.25, 0.3) is 5.65 Å². The summed E-state index contributed by atoms with van der Waals surface area (Å²) in [6.07, 6.45) is 1.18. The minimum absolute atomic E-state index is 0.00958. The largest absolute Gasteiger partial charge is 0.493 e. The number of aryl methyl sites for hydroxylation is 1. The van der Waals surface area contributed by atoms with E-state index in [1.54, 1.807) is 13.2 Å². The molecule has 0 bridgehead atoms. The lowest BCUT2D eigenvalue weighted by Crippen LogP contribution is -2.42. The molecule has 190 valence electrons. The van der Waals surface area contributed by atoms with Crippen molar-refractivity contribution in [2.75, 3.05) is 32.7 Å². The normalized spacial score (nSPS) is 11.6. The summed E-state index contributed by atoms with van der Waals surface area (Å²) in [6.45, 7) is 10.7. The Hall–Kier alpha value is -3.40. The number of hydrogen-bond acceptors (Lipinski definition) is 8. The molecule has 1 aromatic carbocycles. The fourth-order valence-corrected chi connectivity index (χ4v) is 3.77. The van der Waals surface area contributed by atoms with E-state index in [0.29, 0.717) is 54.6 Å². The standard InChI is InChI=1S/C25H35N5O5/c1-7-16-14-21(34-8-2)27-30-23(16)28-29(24(30)26)15-19(32)17-12-18(25(3,4)5)22(33-6)20(13-17)35-11-9-10-31/h12-14,26,31H,7-11,15H2,1-6H3/p+1. The first-order valence-corrected chi connectivity index (χ1v) is 11.8. The quantitative estimate of drug-likeness (QED) is 0.241. The monoisotopic (exact) mass is 486 g/mol. The van der Waals surface area contributed by atoms with Gasteiger partial charge in [-0.25, -0.2) is 0 Å². The molecule has 0 amide bonds. The van der Waals surface area contributed by atoms with Crippen molar-refractivity contribution in [2.24, 2.45) is 0 Å². The minimum atomic E-state index is -0.304. The number of Topliss-reactive ketones (excluding diaryl/α,β-unsaturated/α-hetero) is 1. The van der Waals surface area contributed by atoms with Gasteiger partial charge in [-0.3, -0.25) is 10.5 Å². The fourth-order valence-electron chi connectivity index (χ4n) is 3.77. The third-order valence-corrected chi connectivity index (χ3v) is 5.60. The molecule has 0 spiro atoms. The number of nitrogen functional groups attached to an aromatic ring is 1. The van der Waals surface area contributed by atoms with Gasteiger partial charge in [-0.2, -0.15) is 0 Å². The Labute approximate surface area is 205 Å². The highest BCUT2D eigenvalue weighted by atomic mass is 16.5. The summed E-state index contributed by atoms with van der Waals surface area (Å²) in [5, 5.41) is 18.1. The number of methoxy groups -OCH3 is 1. The molecule has 2 heterocycles. The van der Waals surface area contributed by atoms with Crippen LogP contribution in [0.5, 0.6) is 17.4 Å². The molecular formula is C25H36N5O5+. The van der Waals surface area contributed by atoms with Crippen LogP contribution in [0.1, 0.15) is 62.5 Å². The van der Waals surface area contributed by atoms with E-state index < -0.39 is 0 Å². The smallest absolute Gasteiger partial charge is 0.401 e. The van der Waals surface area contributed by atoms with Crippen LogP contribution in [0.2, 0.25) is 0 Å². The number of hydrogen-bond donors (Lipinski definition) is 2. The Kier molecular flexibility index (Phi) is 8.16. The number of aliphatic hydroxyl groups is 1. The van der Waals surface area contributed by atoms with Crippen molar-refractivity contribution < 1.29 is 28.8 Å². The van der Waals surface area contributed by atoms with Gasteiger partial charge in [-0.15, -0.1) is 4.68 Å². The number of ether oxygens (including phenoxy) is 3. The van der Waals surface area contributed by atoms with Crippen LogP contribution in [0.4, 0.5) is 5.95 Å². The molecule has 0 aliphatic heterocycles. The molecule has 3 rings (SSSR count). The average molecular weight is 487 g/mol. The van der Waals surface area contributed by atoms with E-state index in [1.165, 1.54) is 9.20 Å². The van der Waals surface area contributed by atoms with Crippen LogP contribution in [-0.4, -0.2) is 52.5 Å². The summed E-state index contributed by atoms with van der Waals surface area (Å²) in [4.78, 5) is 13.4. The van der Waals surface area contributed by atoms with E-state index >= 15 is 0 Å². The SMILES string of the molecule is CCOc1cc(CC)c2n[n+](CC(=O)c3cc(OCCCO)c(OC)c(C(C)(C)C)c3)c(N)n2n1. The Morgan fingerprint density at radius 3 is 2.54 bits per heavy atom. The van der Waals surface area contributed by atoms with E-state index in [-0.39, 0.29) is 30.3 Å². The maximum absolute atomic E-state index is 13.4. The molecule has 3 aromatic rings. The molecule has 0 saturated heterocycles. The number of carbonyl (C=O) groups is 1. The first kappa shape index (κ1) is 26.2. The molecule has 0 unspecified atom stereocenters. The third kappa shape index (κ3) is 5.64. The van der Waals surface area contributed by atoms with Crippen LogP contribution >= 0.6 is 0 Å². The fraction of sp³-hybridized carbons (Fsp3) is 0.520. The van der Waals surface area contributed by atoms with Gasteiger partial charge in [0.2, 0.25) is 5.88 Å². The van der Waals surface area contributed by atoms with Crippen molar-refractivity contribution >= 4 is 17.4 Å². The van der Waals surface area contributed by atoms with Crippen molar-refractivity contribution in [3.63, 3.8) is 0 Å². The maximum Gasteiger partial charge on any atom is 0.401 e. The molecule has 0 atom stereocenters. The Morgan fingerprint density at radius 1 is 1.20 bits per heavy atom. The van der Waals surface area contributed by atoms with Crippen LogP contribution in [0, 0.1) is 0 Å². The van der Waals surface area contributed by atoms with Gasteiger partial charge in [0.05, 0.1) is 20.3 Å². The number of nitrogens with zero attached hydrogens (tertiary/aromatic N) is 4. The van der Waals surface area contributed by atoms with E-state index in [2.05, 4.69) is 10.2 Å². The highest BCUT2D eigenvalue weighted by Gasteiger charge is 2.27. The number of rotatable bonds is 11. The van der Waals surface area contributed by atoms with Crippen LogP contribution in [-0.2, 0) is 18.4 Å². The lowest BCUT2D eigenvalue weighted by Gasteiger charge is -2.25. The number of aromatic nitrogens is 4. The third-order valence-electron chi connectivity index (χ3n) is 5.60. The number of ketones is 1. The van der Waals surface area contributed by atoms with Crippen LogP contribution in [0.15, 0.2) is 18.2 Å². The summed E-state index contributed by atoms with van der Waals surface area (Å²) < 4.78 is 20.0. The summed E-state index contributed by atoms with van der Waals surface area (Å²) >= 11 is 0. The van der Waals surface area contributed by atoms with E-state index in [4.69, 9.17) is 25.1 Å². The number of benzene rings is 1. The molecule has 0 aliphatic carbocycles. The Balaban J connectivity index is 2.02. The lowest BCUT2D eigenvalue weighted by molar-refractivity contribution is -0.723. The van der Waals surface area contributed by atoms with Gasteiger partial charge in [0.15, 0.2) is 23.8 Å². The molecule has 10 heteroatoms. The number of anilines is 1. The minimum Gasteiger partial charge on any atom is -0.493 e. The molecule has 10 nitrogen and oxygen atoms in total. The second-order valence-electron chi connectivity index (χ2n) is 9.20. The van der Waals surface area contributed by atoms with Gasteiger partial charge in [0.1, 0.15) is 0 Å². The van der Waals surface area contributed by atoms with Gasteiger partial charge in [-0.05, 0) is 30.9 Å². The summed E-state index contributed by atoms with van der Waals surface area (Å²) in [6, 6.07) is 5.34. The first-order chi connectivity index (χ1) is 16.6. The van der Waals surface area contributed by atoms with Crippen molar-refractivity contribution in [2.45, 2.75) is 59.4 Å². The zero-order valence-corrected chi connectivity index (χ0v) is 21.4. The van der Waals surface area contributed by atoms with Gasteiger partial charge in [-0.1, -0.05) is 42.4 Å². The summed E-state index contributed by atoms with van der Waals surface area (Å²) in [5.41, 5.74) is 8.83. The van der Waals surface area contributed by atoms with Crippen LogP contribution in [0.3, 0.4) is 0 Å². The van der Waals surface area contributed by atoms with Gasteiger partial charge >= 0.3 is 5.95 Å². The lowest BCUT2D eigenvalue weighted by atomic mass is 9.84. The maximum atomic E-state index is 13.4. The van der Waals surface area contributed by atoms with Crippen molar-refractivity contribution in [3.05, 3.63) is 34.9 Å². The van der Waals surface area contributed by atoms with Crippen molar-refractivity contribution in [1.29, 1.82) is 0 Å². The van der Waals surface area contributed by atoms with Gasteiger partial charge in [0.25, 0.3) is 5.65 Å². The summed E-state index contributed by atoms with van der Waals surface area (Å²) in [7, 11) is 1.58. The predicted molar refractivity (Wildman–Crippen MR) is 131 cm³/mol. The predicted octanol–water partition coefficient (Wildman–Crippen LogP) is 2.51. The summed E-state index contributed by atoms with van der Waals surface area (Å²) in [5.74, 6) is 1.53. The molecule has 0 radical (unpaired) electrons.